The highest BCUT2D eigenvalue weighted by molar-refractivity contribution is 5.87. The maximum Gasteiger partial charge on any atom is 0.333 e. The largest absolute Gasteiger partial charge is 0.463 e. The molecule has 0 fully saturated rings. The van der Waals surface area contributed by atoms with Crippen molar-refractivity contribution in [2.45, 2.75) is 133 Å². The molecule has 0 atom stereocenters. The van der Waals surface area contributed by atoms with Gasteiger partial charge < -0.3 is 23.7 Å². The zero-order valence-electron chi connectivity index (χ0n) is 36.6. The summed E-state index contributed by atoms with van der Waals surface area (Å²) in [5, 5.41) is 0. The van der Waals surface area contributed by atoms with Crippen molar-refractivity contribution < 1.29 is 47.7 Å². The number of esters is 5. The molecule has 0 aliphatic rings. The van der Waals surface area contributed by atoms with Crippen LogP contribution in [0.5, 0.6) is 0 Å². The van der Waals surface area contributed by atoms with E-state index in [1.807, 2.05) is 25.1 Å². The van der Waals surface area contributed by atoms with Gasteiger partial charge >= 0.3 is 29.8 Å². The average Bonchev–Trinajstić information content (AvgIpc) is 3.17. The molecule has 10 heteroatoms. The molecular formula is C46H76O10. The van der Waals surface area contributed by atoms with Crippen molar-refractivity contribution in [3.05, 3.63) is 97.2 Å². The van der Waals surface area contributed by atoms with Crippen molar-refractivity contribution in [1.82, 2.24) is 0 Å². The van der Waals surface area contributed by atoms with Crippen molar-refractivity contribution in [3.63, 3.8) is 0 Å². The Labute approximate surface area is 340 Å². The highest BCUT2D eigenvalue weighted by Gasteiger charge is 2.02. The van der Waals surface area contributed by atoms with Gasteiger partial charge in [0.25, 0.3) is 0 Å². The highest BCUT2D eigenvalue weighted by atomic mass is 16.5. The van der Waals surface area contributed by atoms with Crippen LogP contribution in [0.4, 0.5) is 0 Å². The molecule has 320 valence electrons. The van der Waals surface area contributed by atoms with Crippen molar-refractivity contribution in [3.8, 4) is 0 Å². The van der Waals surface area contributed by atoms with Crippen LogP contribution >= 0.6 is 0 Å². The van der Waals surface area contributed by atoms with E-state index in [0.29, 0.717) is 49.8 Å². The number of carbonyl (C=O) groups excluding carboxylic acids is 5. The van der Waals surface area contributed by atoms with Crippen LogP contribution in [-0.2, 0) is 47.7 Å². The van der Waals surface area contributed by atoms with E-state index in [1.165, 1.54) is 24.5 Å². The molecule has 0 bridgehead atoms. The van der Waals surface area contributed by atoms with Gasteiger partial charge in [-0.05, 0) is 67.2 Å². The first-order valence-electron chi connectivity index (χ1n) is 19.6. The summed E-state index contributed by atoms with van der Waals surface area (Å²) in [6, 6.07) is 10.3. The molecule has 0 unspecified atom stereocenters. The average molecular weight is 789 g/mol. The minimum Gasteiger partial charge on any atom is -0.463 e. The summed E-state index contributed by atoms with van der Waals surface area (Å²) in [5.74, 6) is -1.44. The first-order valence-corrected chi connectivity index (χ1v) is 19.6. The Hall–Kier alpha value is -4.73. The van der Waals surface area contributed by atoms with E-state index in [4.69, 9.17) is 18.9 Å². The monoisotopic (exact) mass is 789 g/mol. The number of benzene rings is 1. The molecule has 0 spiro atoms. The number of hydrogen-bond donors (Lipinski definition) is 0. The van der Waals surface area contributed by atoms with Gasteiger partial charge in [-0.1, -0.05) is 135 Å². The number of hydrogen-bond acceptors (Lipinski definition) is 10. The molecular weight excluding hydrogens is 712 g/mol. The normalized spacial score (nSPS) is 9.11. The molecule has 1 rings (SSSR count). The van der Waals surface area contributed by atoms with Crippen LogP contribution in [0.15, 0.2) is 91.6 Å². The van der Waals surface area contributed by atoms with E-state index in [-0.39, 0.29) is 29.8 Å². The molecule has 0 N–H and O–H groups in total. The molecule has 0 aromatic heterocycles. The van der Waals surface area contributed by atoms with Crippen LogP contribution < -0.4 is 0 Å². The van der Waals surface area contributed by atoms with Gasteiger partial charge in [0.1, 0.15) is 0 Å². The van der Waals surface area contributed by atoms with E-state index in [9.17, 15) is 24.0 Å². The number of carbonyl (C=O) groups is 5. The fraction of sp³-hybridized carbons (Fsp3) is 0.543. The summed E-state index contributed by atoms with van der Waals surface area (Å²) < 4.78 is 23.7. The lowest BCUT2D eigenvalue weighted by atomic mass is 10.2. The number of aryl methyl sites for hydroxylation is 1. The molecule has 0 saturated carbocycles. The quantitative estimate of drug-likeness (QED) is 0.0544. The molecule has 1 aromatic carbocycles. The van der Waals surface area contributed by atoms with Gasteiger partial charge in [-0.15, -0.1) is 0 Å². The number of allylic oxidation sites excluding steroid dienone is 1. The molecule has 0 radical (unpaired) electrons. The molecule has 1 aromatic rings. The number of rotatable bonds is 20. The van der Waals surface area contributed by atoms with Crippen molar-refractivity contribution in [2.75, 3.05) is 33.0 Å². The first kappa shape index (κ1) is 60.5. The standard InChI is InChI=1S/C10H18O2.C9H16O2.C8H14O2.C7H12O2.C7H8.C5H8O2/c1-3-5-6-7-9-12-10(11)8-4-2;1-4-5-6-7-11-9(10)8(2)3;1-4-5-6-10-8(9)7(2)3;1-4-5-9-7(8)6(2)3;1-7-5-3-2-4-6-7;1-3-5(6)7-4-2/h4,8H,3,5-7,9H2,1-2H3;2,4-7H2,1,3H3;2,4-6H2,1,3H3;2,4-5H2,1,3H3;2-6H,1H3;3H,1,4H2,2H3. The van der Waals surface area contributed by atoms with Gasteiger partial charge in [-0.25, -0.2) is 24.0 Å². The van der Waals surface area contributed by atoms with Gasteiger partial charge in [0.05, 0.1) is 33.0 Å². The predicted octanol–water partition coefficient (Wildman–Crippen LogP) is 11.1. The summed E-state index contributed by atoms with van der Waals surface area (Å²) in [5.41, 5.74) is 2.73. The van der Waals surface area contributed by atoms with Crippen LogP contribution in [0.1, 0.15) is 132 Å². The SMILES string of the molecule is C=C(C)C(=O)OCCC.C=C(C)C(=O)OCCCC.C=C(C)C(=O)OCCCCC.C=CC(=O)OCC.CC=CC(=O)OCCCCCC.Cc1ccccc1. The fourth-order valence-electron chi connectivity index (χ4n) is 3.01. The second-order valence-electron chi connectivity index (χ2n) is 12.1. The minimum absolute atomic E-state index is 0.228. The van der Waals surface area contributed by atoms with E-state index in [0.717, 1.165) is 57.4 Å². The molecule has 0 aliphatic carbocycles. The van der Waals surface area contributed by atoms with Crippen molar-refractivity contribution >= 4 is 29.8 Å². The second kappa shape index (κ2) is 48.3. The van der Waals surface area contributed by atoms with Crippen LogP contribution in [-0.4, -0.2) is 62.9 Å². The Kier molecular flexibility index (Phi) is 52.2. The van der Waals surface area contributed by atoms with Crippen LogP contribution in [0.2, 0.25) is 0 Å². The Balaban J connectivity index is -0.000000188. The lowest BCUT2D eigenvalue weighted by Crippen LogP contribution is -2.05. The molecule has 0 amide bonds. The lowest BCUT2D eigenvalue weighted by Gasteiger charge is -2.02. The maximum absolute atomic E-state index is 10.8. The van der Waals surface area contributed by atoms with Crippen LogP contribution in [0.3, 0.4) is 0 Å². The van der Waals surface area contributed by atoms with Gasteiger partial charge in [0.15, 0.2) is 0 Å². The topological polar surface area (TPSA) is 132 Å². The summed E-state index contributed by atoms with van der Waals surface area (Å²) in [6.45, 7) is 34.9. The summed E-state index contributed by atoms with van der Waals surface area (Å²) >= 11 is 0. The zero-order chi connectivity index (χ0) is 44.0. The Morgan fingerprint density at radius 1 is 0.536 bits per heavy atom. The van der Waals surface area contributed by atoms with Crippen molar-refractivity contribution in [1.29, 1.82) is 0 Å². The van der Waals surface area contributed by atoms with Gasteiger partial charge in [0.2, 0.25) is 0 Å². The Morgan fingerprint density at radius 3 is 1.29 bits per heavy atom. The van der Waals surface area contributed by atoms with Crippen LogP contribution in [0.25, 0.3) is 0 Å². The zero-order valence-corrected chi connectivity index (χ0v) is 36.6. The fourth-order valence-corrected chi connectivity index (χ4v) is 3.01. The van der Waals surface area contributed by atoms with Crippen molar-refractivity contribution in [2.24, 2.45) is 0 Å². The van der Waals surface area contributed by atoms with E-state index < -0.39 is 0 Å². The molecule has 56 heavy (non-hydrogen) atoms. The summed E-state index contributed by atoms with van der Waals surface area (Å²) in [7, 11) is 0. The van der Waals surface area contributed by atoms with E-state index in [1.54, 1.807) is 40.7 Å². The van der Waals surface area contributed by atoms with Gasteiger partial charge in [-0.3, -0.25) is 0 Å². The summed E-state index contributed by atoms with van der Waals surface area (Å²) in [4.78, 5) is 52.9. The molecule has 0 aliphatic heterocycles. The predicted molar refractivity (Wildman–Crippen MR) is 230 cm³/mol. The third kappa shape index (κ3) is 56.0. The smallest absolute Gasteiger partial charge is 0.333 e. The maximum atomic E-state index is 10.8. The third-order valence-corrected chi connectivity index (χ3v) is 6.13. The Bertz CT molecular complexity index is 1220. The van der Waals surface area contributed by atoms with E-state index >= 15 is 0 Å². The summed E-state index contributed by atoms with van der Waals surface area (Å²) in [6.07, 6.45) is 14.9. The highest BCUT2D eigenvalue weighted by Crippen LogP contribution is 2.00. The molecule has 0 saturated heterocycles. The molecule has 0 heterocycles. The van der Waals surface area contributed by atoms with E-state index in [2.05, 4.69) is 70.9 Å². The number of ether oxygens (including phenoxy) is 5. The second-order valence-corrected chi connectivity index (χ2v) is 12.1. The minimum atomic E-state index is -0.359. The van der Waals surface area contributed by atoms with Gasteiger partial charge in [0, 0.05) is 28.9 Å². The van der Waals surface area contributed by atoms with Crippen LogP contribution in [0, 0.1) is 6.92 Å². The first-order chi connectivity index (χ1) is 26.6. The number of unbranched alkanes of at least 4 members (excludes halogenated alkanes) is 6. The Morgan fingerprint density at radius 2 is 0.946 bits per heavy atom. The van der Waals surface area contributed by atoms with Gasteiger partial charge in [-0.2, -0.15) is 0 Å². The lowest BCUT2D eigenvalue weighted by molar-refractivity contribution is -0.139. The molecule has 10 nitrogen and oxygen atoms in total. The third-order valence-electron chi connectivity index (χ3n) is 6.13.